The van der Waals surface area contributed by atoms with Gasteiger partial charge in [-0.1, -0.05) is 13.8 Å². The van der Waals surface area contributed by atoms with Crippen molar-refractivity contribution in [1.82, 2.24) is 5.32 Å². The van der Waals surface area contributed by atoms with Crippen molar-refractivity contribution in [1.29, 1.82) is 0 Å². The number of halogens is 1. The van der Waals surface area contributed by atoms with E-state index in [0.717, 1.165) is 23.1 Å². The smallest absolute Gasteiger partial charge is 0.142 e. The lowest BCUT2D eigenvalue weighted by Gasteiger charge is -2.27. The minimum atomic E-state index is -0.968. The molecule has 0 aliphatic heterocycles. The summed E-state index contributed by atoms with van der Waals surface area (Å²) in [5.74, 6) is 1.90. The first-order valence-corrected chi connectivity index (χ1v) is 7.96. The number of ether oxygens (including phenoxy) is 2. The number of hydrogen-bond donors (Lipinski definition) is 2. The fourth-order valence-corrected chi connectivity index (χ4v) is 2.85. The summed E-state index contributed by atoms with van der Waals surface area (Å²) in [7, 11) is 3.20. The zero-order chi connectivity index (χ0) is 16.0. The van der Waals surface area contributed by atoms with Crippen LogP contribution in [-0.4, -0.2) is 32.4 Å². The molecule has 0 bridgehead atoms. The van der Waals surface area contributed by atoms with Gasteiger partial charge in [0.05, 0.1) is 19.8 Å². The molecular weight excluding hydrogens is 334 g/mol. The summed E-state index contributed by atoms with van der Waals surface area (Å²) in [6.07, 6.45) is 0.606. The predicted molar refractivity (Wildman–Crippen MR) is 89.1 cm³/mol. The summed E-state index contributed by atoms with van der Waals surface area (Å²) in [4.78, 5) is 0. The van der Waals surface area contributed by atoms with E-state index in [1.807, 2.05) is 12.1 Å². The predicted octanol–water partition coefficient (Wildman–Crippen LogP) is 3.31. The molecule has 0 aliphatic rings. The van der Waals surface area contributed by atoms with Crippen LogP contribution in [0.25, 0.3) is 0 Å². The van der Waals surface area contributed by atoms with E-state index in [0.29, 0.717) is 23.8 Å². The van der Waals surface area contributed by atoms with Crippen molar-refractivity contribution in [2.45, 2.75) is 32.8 Å². The Hall–Kier alpha value is -0.780. The highest BCUT2D eigenvalue weighted by molar-refractivity contribution is 9.10. The lowest BCUT2D eigenvalue weighted by atomic mass is 9.91. The first-order valence-electron chi connectivity index (χ1n) is 7.17. The van der Waals surface area contributed by atoms with Gasteiger partial charge in [0.25, 0.3) is 0 Å². The van der Waals surface area contributed by atoms with Gasteiger partial charge < -0.3 is 19.9 Å². The lowest BCUT2D eigenvalue weighted by Crippen LogP contribution is -2.30. The summed E-state index contributed by atoms with van der Waals surface area (Å²) < 4.78 is 11.4. The van der Waals surface area contributed by atoms with Crippen LogP contribution in [0.2, 0.25) is 0 Å². The van der Waals surface area contributed by atoms with Crippen molar-refractivity contribution in [2.24, 2.45) is 5.92 Å². The van der Waals surface area contributed by atoms with E-state index in [1.54, 1.807) is 21.1 Å². The van der Waals surface area contributed by atoms with Crippen molar-refractivity contribution in [3.05, 3.63) is 22.2 Å². The Morgan fingerprint density at radius 3 is 2.48 bits per heavy atom. The van der Waals surface area contributed by atoms with Gasteiger partial charge in [0.15, 0.2) is 0 Å². The monoisotopic (exact) mass is 359 g/mol. The second kappa shape index (κ2) is 8.01. The molecule has 0 fully saturated rings. The van der Waals surface area contributed by atoms with Crippen LogP contribution in [0.5, 0.6) is 11.5 Å². The minimum absolute atomic E-state index is 0.597. The van der Waals surface area contributed by atoms with Gasteiger partial charge in [-0.2, -0.15) is 0 Å². The Morgan fingerprint density at radius 2 is 1.95 bits per heavy atom. The van der Waals surface area contributed by atoms with Gasteiger partial charge in [0, 0.05) is 5.56 Å². The fourth-order valence-electron chi connectivity index (χ4n) is 2.18. The summed E-state index contributed by atoms with van der Waals surface area (Å²) in [5, 5.41) is 14.1. The van der Waals surface area contributed by atoms with Crippen molar-refractivity contribution < 1.29 is 14.6 Å². The first kappa shape index (κ1) is 18.3. The number of hydrogen-bond acceptors (Lipinski definition) is 4. The number of rotatable bonds is 8. The second-order valence-electron chi connectivity index (χ2n) is 5.78. The Bertz CT molecular complexity index is 461. The Kier molecular flexibility index (Phi) is 6.97. The van der Waals surface area contributed by atoms with Gasteiger partial charge in [0.2, 0.25) is 0 Å². The zero-order valence-corrected chi connectivity index (χ0v) is 15.1. The third kappa shape index (κ3) is 4.87. The maximum absolute atomic E-state index is 10.8. The molecular formula is C16H26BrNO3. The van der Waals surface area contributed by atoms with E-state index >= 15 is 0 Å². The third-order valence-corrected chi connectivity index (χ3v) is 4.16. The maximum Gasteiger partial charge on any atom is 0.142 e. The van der Waals surface area contributed by atoms with Crippen LogP contribution in [0.3, 0.4) is 0 Å². The molecule has 0 aliphatic carbocycles. The molecule has 1 rings (SSSR count). The van der Waals surface area contributed by atoms with Crippen LogP contribution in [0, 0.1) is 5.92 Å². The van der Waals surface area contributed by atoms with Crippen LogP contribution < -0.4 is 14.8 Å². The van der Waals surface area contributed by atoms with E-state index in [4.69, 9.17) is 9.47 Å². The molecule has 1 aromatic carbocycles. The normalized spacial score (nSPS) is 14.1. The number of aliphatic hydroxyl groups is 1. The van der Waals surface area contributed by atoms with Crippen molar-refractivity contribution >= 4 is 15.9 Å². The molecule has 1 atom stereocenters. The van der Waals surface area contributed by atoms with Crippen LogP contribution in [0.4, 0.5) is 0 Å². The molecule has 21 heavy (non-hydrogen) atoms. The number of methoxy groups -OCH3 is 2. The molecule has 1 aromatic rings. The Balaban J connectivity index is 2.89. The summed E-state index contributed by atoms with van der Waals surface area (Å²) in [6, 6.07) is 3.68. The molecule has 0 saturated carbocycles. The number of benzene rings is 1. The zero-order valence-electron chi connectivity index (χ0n) is 13.5. The highest BCUT2D eigenvalue weighted by Gasteiger charge is 2.28. The van der Waals surface area contributed by atoms with E-state index < -0.39 is 5.60 Å². The highest BCUT2D eigenvalue weighted by atomic mass is 79.9. The average molecular weight is 360 g/mol. The third-order valence-electron chi connectivity index (χ3n) is 3.41. The van der Waals surface area contributed by atoms with Gasteiger partial charge in [0.1, 0.15) is 16.0 Å². The molecule has 0 saturated heterocycles. The maximum atomic E-state index is 10.8. The molecule has 0 heterocycles. The van der Waals surface area contributed by atoms with Crippen LogP contribution in [-0.2, 0) is 5.60 Å². The fraction of sp³-hybridized carbons (Fsp3) is 0.625. The molecule has 0 aromatic heterocycles. The van der Waals surface area contributed by atoms with E-state index in [1.165, 1.54) is 0 Å². The largest absolute Gasteiger partial charge is 0.495 e. The quantitative estimate of drug-likeness (QED) is 0.699. The van der Waals surface area contributed by atoms with Gasteiger partial charge in [-0.05, 0) is 60.4 Å². The van der Waals surface area contributed by atoms with Gasteiger partial charge >= 0.3 is 0 Å². The minimum Gasteiger partial charge on any atom is -0.495 e. The Labute approximate surface area is 136 Å². The SMILES string of the molecule is COc1ccc(C(C)(O)CCNCC(C)C)c(OC)c1Br. The average Bonchev–Trinajstić information content (AvgIpc) is 2.43. The molecule has 0 spiro atoms. The van der Waals surface area contributed by atoms with E-state index in [9.17, 15) is 5.11 Å². The van der Waals surface area contributed by atoms with Crippen LogP contribution in [0.15, 0.2) is 16.6 Å². The van der Waals surface area contributed by atoms with Crippen molar-refractivity contribution in [2.75, 3.05) is 27.3 Å². The number of nitrogens with one attached hydrogen (secondary N) is 1. The van der Waals surface area contributed by atoms with Gasteiger partial charge in [-0.3, -0.25) is 0 Å². The van der Waals surface area contributed by atoms with Crippen molar-refractivity contribution in [3.8, 4) is 11.5 Å². The molecule has 1 unspecified atom stereocenters. The standard InChI is InChI=1S/C16H26BrNO3/c1-11(2)10-18-9-8-16(3,19)12-6-7-13(20-4)14(17)15(12)21-5/h6-7,11,18-19H,8-10H2,1-5H3. The Morgan fingerprint density at radius 1 is 1.29 bits per heavy atom. The molecule has 120 valence electrons. The van der Waals surface area contributed by atoms with Gasteiger partial charge in [-0.15, -0.1) is 0 Å². The van der Waals surface area contributed by atoms with E-state index in [2.05, 4.69) is 35.1 Å². The lowest BCUT2D eigenvalue weighted by molar-refractivity contribution is 0.0452. The molecule has 5 heteroatoms. The molecule has 0 radical (unpaired) electrons. The first-order chi connectivity index (χ1) is 9.83. The molecule has 0 amide bonds. The summed E-state index contributed by atoms with van der Waals surface area (Å²) in [5.41, 5.74) is -0.214. The molecule has 4 nitrogen and oxygen atoms in total. The van der Waals surface area contributed by atoms with E-state index in [-0.39, 0.29) is 0 Å². The second-order valence-corrected chi connectivity index (χ2v) is 6.58. The van der Waals surface area contributed by atoms with Crippen LogP contribution >= 0.6 is 15.9 Å². The highest BCUT2D eigenvalue weighted by Crippen LogP contribution is 2.42. The topological polar surface area (TPSA) is 50.7 Å². The summed E-state index contributed by atoms with van der Waals surface area (Å²) >= 11 is 3.47. The van der Waals surface area contributed by atoms with Crippen LogP contribution in [0.1, 0.15) is 32.8 Å². The summed E-state index contributed by atoms with van der Waals surface area (Å²) in [6.45, 7) is 7.82. The molecule has 2 N–H and O–H groups in total. The van der Waals surface area contributed by atoms with Crippen molar-refractivity contribution in [3.63, 3.8) is 0 Å². The van der Waals surface area contributed by atoms with Gasteiger partial charge in [-0.25, -0.2) is 0 Å².